The third-order valence-corrected chi connectivity index (χ3v) is 1.98. The Morgan fingerprint density at radius 1 is 1.27 bits per heavy atom. The molecule has 0 spiro atoms. The molecular weight excluding hydrogens is 252 g/mol. The third kappa shape index (κ3) is 3.72. The van der Waals surface area contributed by atoms with Crippen molar-refractivity contribution in [2.45, 2.75) is 12.6 Å². The smallest absolute Gasteiger partial charge is 0.281 e. The topological polar surface area (TPSA) is 17.1 Å². The number of carbonyl (C=O) groups is 1. The Bertz CT molecular complexity index is 387. The summed E-state index contributed by atoms with van der Waals surface area (Å²) in [5.74, 6) is 0. The Balaban J connectivity index is 3.11. The van der Waals surface area contributed by atoms with Crippen molar-refractivity contribution >= 4 is 28.4 Å². The molecule has 0 N–H and O–H groups in total. The summed E-state index contributed by atoms with van der Waals surface area (Å²) in [6, 6.07) is 2.92. The molecule has 1 rings (SSSR count). The molecule has 0 aliphatic heterocycles. The molecule has 0 aliphatic carbocycles. The fraction of sp³-hybridized carbons (Fsp3) is 0.222. The van der Waals surface area contributed by atoms with Crippen LogP contribution in [0.5, 0.6) is 0 Å². The molecule has 0 bridgehead atoms. The average molecular weight is 257 g/mol. The molecule has 0 atom stereocenters. The molecule has 0 unspecified atom stereocenters. The van der Waals surface area contributed by atoms with Crippen LogP contribution in [0.25, 0.3) is 0 Å². The van der Waals surface area contributed by atoms with Crippen LogP contribution >= 0.6 is 23.2 Å². The van der Waals surface area contributed by atoms with E-state index in [1.165, 1.54) is 6.07 Å². The monoisotopic (exact) mass is 256 g/mol. The van der Waals surface area contributed by atoms with E-state index in [0.717, 1.165) is 12.1 Å². The Hall–Kier alpha value is -0.740. The van der Waals surface area contributed by atoms with E-state index >= 15 is 0 Å². The van der Waals surface area contributed by atoms with E-state index in [-0.39, 0.29) is 17.0 Å². The van der Waals surface area contributed by atoms with Crippen LogP contribution in [0.3, 0.4) is 0 Å². The summed E-state index contributed by atoms with van der Waals surface area (Å²) in [5.41, 5.74) is -0.738. The van der Waals surface area contributed by atoms with Crippen molar-refractivity contribution in [3.63, 3.8) is 0 Å². The first-order valence-electron chi connectivity index (χ1n) is 3.84. The molecule has 82 valence electrons. The van der Waals surface area contributed by atoms with Crippen LogP contribution in [0.15, 0.2) is 18.2 Å². The maximum absolute atomic E-state index is 12.3. The maximum atomic E-state index is 12.3. The second kappa shape index (κ2) is 4.41. The number of hydrogen-bond donors (Lipinski definition) is 0. The summed E-state index contributed by atoms with van der Waals surface area (Å²) in [6.45, 7) is 0. The summed E-state index contributed by atoms with van der Waals surface area (Å²) in [5, 5.41) is -0.803. The Morgan fingerprint density at radius 3 is 2.33 bits per heavy atom. The molecule has 0 amide bonds. The van der Waals surface area contributed by atoms with Crippen molar-refractivity contribution < 1.29 is 18.0 Å². The van der Waals surface area contributed by atoms with Gasteiger partial charge in [-0.15, -0.1) is 0 Å². The normalized spacial score (nSPS) is 11.5. The van der Waals surface area contributed by atoms with Crippen LogP contribution in [0.4, 0.5) is 13.2 Å². The number of hydrogen-bond acceptors (Lipinski definition) is 1. The molecule has 1 aromatic rings. The summed E-state index contributed by atoms with van der Waals surface area (Å²) in [4.78, 5) is 10.5. The molecule has 6 heteroatoms. The fourth-order valence-corrected chi connectivity index (χ4v) is 1.49. The molecule has 1 nitrogen and oxygen atoms in total. The highest BCUT2D eigenvalue weighted by molar-refractivity contribution is 6.63. The van der Waals surface area contributed by atoms with Crippen molar-refractivity contribution in [3.8, 4) is 0 Å². The molecular formula is C9H5Cl2F3O. The highest BCUT2D eigenvalue weighted by atomic mass is 35.5. The zero-order valence-corrected chi connectivity index (χ0v) is 8.75. The molecule has 0 radical (unpaired) electrons. The second-order valence-electron chi connectivity index (χ2n) is 2.88. The van der Waals surface area contributed by atoms with Crippen molar-refractivity contribution in [1.82, 2.24) is 0 Å². The van der Waals surface area contributed by atoms with Gasteiger partial charge in [0.05, 0.1) is 5.56 Å². The second-order valence-corrected chi connectivity index (χ2v) is 3.74. The SMILES string of the molecule is O=C(Cl)Cc1cc(Cl)cc(C(F)(F)F)c1. The minimum atomic E-state index is -4.48. The zero-order chi connectivity index (χ0) is 11.6. The van der Waals surface area contributed by atoms with Crippen LogP contribution in [0.2, 0.25) is 5.02 Å². The molecule has 0 heterocycles. The Kier molecular flexibility index (Phi) is 3.62. The maximum Gasteiger partial charge on any atom is 0.416 e. The molecule has 0 fully saturated rings. The fourth-order valence-electron chi connectivity index (χ4n) is 1.08. The first-order chi connectivity index (χ1) is 6.79. The van der Waals surface area contributed by atoms with Gasteiger partial charge in [-0.3, -0.25) is 4.79 Å². The molecule has 0 aromatic heterocycles. The molecule has 0 saturated carbocycles. The Labute approximate surface area is 93.8 Å². The van der Waals surface area contributed by atoms with Gasteiger partial charge in [-0.1, -0.05) is 11.6 Å². The van der Waals surface area contributed by atoms with E-state index in [0.29, 0.717) is 0 Å². The van der Waals surface area contributed by atoms with Gasteiger partial charge in [0.1, 0.15) is 0 Å². The lowest BCUT2D eigenvalue weighted by atomic mass is 10.1. The highest BCUT2D eigenvalue weighted by Crippen LogP contribution is 2.32. The number of alkyl halides is 3. The van der Waals surface area contributed by atoms with Crippen molar-refractivity contribution in [1.29, 1.82) is 0 Å². The first kappa shape index (κ1) is 12.3. The largest absolute Gasteiger partial charge is 0.416 e. The minimum Gasteiger partial charge on any atom is -0.281 e. The third-order valence-electron chi connectivity index (χ3n) is 1.63. The van der Waals surface area contributed by atoms with E-state index < -0.39 is 17.0 Å². The predicted molar refractivity (Wildman–Crippen MR) is 51.0 cm³/mol. The van der Waals surface area contributed by atoms with E-state index in [2.05, 4.69) is 0 Å². The first-order valence-corrected chi connectivity index (χ1v) is 4.59. The van der Waals surface area contributed by atoms with Crippen LogP contribution in [0.1, 0.15) is 11.1 Å². The predicted octanol–water partition coefficient (Wildman–Crippen LogP) is 3.67. The van der Waals surface area contributed by atoms with Crippen molar-refractivity contribution in [2.75, 3.05) is 0 Å². The number of benzene rings is 1. The molecule has 0 aliphatic rings. The van der Waals surface area contributed by atoms with Gasteiger partial charge in [0.15, 0.2) is 0 Å². The van der Waals surface area contributed by atoms with Crippen molar-refractivity contribution in [3.05, 3.63) is 34.3 Å². The molecule has 0 saturated heterocycles. The minimum absolute atomic E-state index is 0.0715. The lowest BCUT2D eigenvalue weighted by Crippen LogP contribution is -2.06. The average Bonchev–Trinajstić information content (AvgIpc) is 1.99. The lowest BCUT2D eigenvalue weighted by molar-refractivity contribution is -0.137. The Morgan fingerprint density at radius 2 is 1.87 bits per heavy atom. The van der Waals surface area contributed by atoms with E-state index in [4.69, 9.17) is 23.2 Å². The van der Waals surface area contributed by atoms with Crippen LogP contribution in [0, 0.1) is 0 Å². The highest BCUT2D eigenvalue weighted by Gasteiger charge is 2.31. The summed E-state index contributed by atoms with van der Waals surface area (Å²) < 4.78 is 36.9. The van der Waals surface area contributed by atoms with Gasteiger partial charge >= 0.3 is 6.18 Å². The summed E-state index contributed by atoms with van der Waals surface area (Å²) >= 11 is 10.6. The van der Waals surface area contributed by atoms with Gasteiger partial charge in [0, 0.05) is 11.4 Å². The standard InChI is InChI=1S/C9H5Cl2F3O/c10-7-2-5(3-8(11)15)1-6(4-7)9(12,13)14/h1-2,4H,3H2. The van der Waals surface area contributed by atoms with Crippen LogP contribution < -0.4 is 0 Å². The van der Waals surface area contributed by atoms with E-state index in [1.54, 1.807) is 0 Å². The van der Waals surface area contributed by atoms with Gasteiger partial charge in [-0.2, -0.15) is 13.2 Å². The van der Waals surface area contributed by atoms with E-state index in [9.17, 15) is 18.0 Å². The molecule has 1 aromatic carbocycles. The van der Waals surface area contributed by atoms with Crippen LogP contribution in [-0.2, 0) is 17.4 Å². The number of carbonyl (C=O) groups excluding carboxylic acids is 1. The lowest BCUT2D eigenvalue weighted by Gasteiger charge is -2.08. The summed E-state index contributed by atoms with van der Waals surface area (Å²) in [7, 11) is 0. The summed E-state index contributed by atoms with van der Waals surface area (Å²) in [6.07, 6.45) is -4.75. The van der Waals surface area contributed by atoms with Gasteiger partial charge < -0.3 is 0 Å². The van der Waals surface area contributed by atoms with Gasteiger partial charge in [0.2, 0.25) is 5.24 Å². The zero-order valence-electron chi connectivity index (χ0n) is 7.24. The van der Waals surface area contributed by atoms with Gasteiger partial charge in [-0.05, 0) is 35.4 Å². The van der Waals surface area contributed by atoms with Crippen LogP contribution in [-0.4, -0.2) is 5.24 Å². The van der Waals surface area contributed by atoms with Crippen molar-refractivity contribution in [2.24, 2.45) is 0 Å². The quantitative estimate of drug-likeness (QED) is 0.739. The van der Waals surface area contributed by atoms with E-state index in [1.807, 2.05) is 0 Å². The number of halogens is 5. The number of rotatable bonds is 2. The van der Waals surface area contributed by atoms with Gasteiger partial charge in [0.25, 0.3) is 0 Å². The molecule has 15 heavy (non-hydrogen) atoms. The van der Waals surface area contributed by atoms with Gasteiger partial charge in [-0.25, -0.2) is 0 Å².